The maximum Gasteiger partial charge on any atom is 0.160 e. The molecule has 1 aliphatic heterocycles. The first kappa shape index (κ1) is 21.6. The highest BCUT2D eigenvalue weighted by atomic mass is 16.3. The Balaban J connectivity index is 1.63. The number of nitrogen functional groups attached to an aromatic ring is 1. The quantitative estimate of drug-likeness (QED) is 0.415. The number of hydrogen-bond acceptors (Lipinski definition) is 7. The van der Waals surface area contributed by atoms with E-state index in [9.17, 15) is 5.11 Å². The van der Waals surface area contributed by atoms with Gasteiger partial charge in [0.25, 0.3) is 0 Å². The summed E-state index contributed by atoms with van der Waals surface area (Å²) in [6.07, 6.45) is 5.99. The highest BCUT2D eigenvalue weighted by molar-refractivity contribution is 5.94. The standard InChI is InChI=1S/C26H32N6O/c1-14-12-32(13-15(2)30-14)19-8-21-20(17-5-6-17)9-23(31-26(21)29-11-19)22-7-18(10-28-4)24(27)16(3)25(22)33/h7-11,14-15,17,30,33H,5-6,12-13,27H2,1-4H3. The molecule has 3 heterocycles. The molecule has 7 heteroatoms. The molecular weight excluding hydrogens is 412 g/mol. The first-order valence-corrected chi connectivity index (χ1v) is 11.7. The number of nitrogens with one attached hydrogen (secondary N) is 1. The third-order valence-corrected chi connectivity index (χ3v) is 6.79. The van der Waals surface area contributed by atoms with Crippen LogP contribution in [0, 0.1) is 6.92 Å². The molecule has 172 valence electrons. The van der Waals surface area contributed by atoms with Crippen molar-refractivity contribution in [3.8, 4) is 17.0 Å². The number of nitrogens with zero attached hydrogens (tertiary/aromatic N) is 4. The molecule has 2 atom stereocenters. The number of aliphatic imine (C=N–C) groups is 1. The van der Waals surface area contributed by atoms with Crippen molar-refractivity contribution in [2.24, 2.45) is 4.99 Å². The molecule has 5 rings (SSSR count). The lowest BCUT2D eigenvalue weighted by Crippen LogP contribution is -2.54. The molecule has 0 spiro atoms. The van der Waals surface area contributed by atoms with Crippen LogP contribution in [0.4, 0.5) is 11.4 Å². The monoisotopic (exact) mass is 444 g/mol. The average molecular weight is 445 g/mol. The van der Waals surface area contributed by atoms with Crippen molar-refractivity contribution in [3.05, 3.63) is 41.1 Å². The maximum atomic E-state index is 10.9. The number of nitrogens with two attached hydrogens (primary N) is 1. The lowest BCUT2D eigenvalue weighted by atomic mass is 9.97. The first-order valence-electron chi connectivity index (χ1n) is 11.7. The number of rotatable bonds is 4. The molecule has 2 fully saturated rings. The average Bonchev–Trinajstić information content (AvgIpc) is 3.63. The second-order valence-corrected chi connectivity index (χ2v) is 9.60. The lowest BCUT2D eigenvalue weighted by molar-refractivity contribution is 0.407. The minimum Gasteiger partial charge on any atom is -0.507 e. The predicted molar refractivity (Wildman–Crippen MR) is 136 cm³/mol. The van der Waals surface area contributed by atoms with Crippen LogP contribution in [0.2, 0.25) is 0 Å². The summed E-state index contributed by atoms with van der Waals surface area (Å²) in [5.74, 6) is 0.677. The topological polar surface area (TPSA) is 99.7 Å². The Hall–Kier alpha value is -3.19. The Morgan fingerprint density at radius 1 is 1.18 bits per heavy atom. The molecule has 4 N–H and O–H groups in total. The zero-order chi connectivity index (χ0) is 23.3. The summed E-state index contributed by atoms with van der Waals surface area (Å²) in [6.45, 7) is 8.19. The number of hydrogen-bond donors (Lipinski definition) is 3. The largest absolute Gasteiger partial charge is 0.507 e. The van der Waals surface area contributed by atoms with Crippen LogP contribution in [-0.4, -0.2) is 53.5 Å². The van der Waals surface area contributed by atoms with Crippen LogP contribution in [0.3, 0.4) is 0 Å². The fourth-order valence-electron chi connectivity index (χ4n) is 4.99. The molecule has 1 aromatic carbocycles. The zero-order valence-corrected chi connectivity index (χ0v) is 19.8. The van der Waals surface area contributed by atoms with E-state index in [4.69, 9.17) is 15.7 Å². The molecule has 2 unspecified atom stereocenters. The van der Waals surface area contributed by atoms with Gasteiger partial charge >= 0.3 is 0 Å². The van der Waals surface area contributed by atoms with E-state index in [0.29, 0.717) is 40.5 Å². The molecule has 2 aromatic heterocycles. The molecule has 1 aliphatic carbocycles. The number of piperazine rings is 1. The van der Waals surface area contributed by atoms with Gasteiger partial charge in [-0.1, -0.05) is 0 Å². The summed E-state index contributed by atoms with van der Waals surface area (Å²) in [5.41, 5.74) is 12.7. The third-order valence-electron chi connectivity index (χ3n) is 6.79. The minimum absolute atomic E-state index is 0.162. The van der Waals surface area contributed by atoms with E-state index < -0.39 is 0 Å². The maximum absolute atomic E-state index is 10.9. The molecule has 0 amide bonds. The van der Waals surface area contributed by atoms with Gasteiger partial charge in [0.05, 0.1) is 17.6 Å². The smallest absolute Gasteiger partial charge is 0.160 e. The van der Waals surface area contributed by atoms with Crippen LogP contribution in [0.25, 0.3) is 22.3 Å². The molecule has 0 radical (unpaired) electrons. The van der Waals surface area contributed by atoms with Gasteiger partial charge in [0.1, 0.15) is 5.75 Å². The number of aromatic nitrogens is 2. The summed E-state index contributed by atoms with van der Waals surface area (Å²) < 4.78 is 0. The second-order valence-electron chi connectivity index (χ2n) is 9.60. The molecule has 0 bridgehead atoms. The number of anilines is 2. The lowest BCUT2D eigenvalue weighted by Gasteiger charge is -2.37. The predicted octanol–water partition coefficient (Wildman–Crippen LogP) is 4.01. The van der Waals surface area contributed by atoms with Gasteiger partial charge in [-0.25, -0.2) is 9.97 Å². The van der Waals surface area contributed by atoms with Crippen molar-refractivity contribution >= 4 is 28.6 Å². The highest BCUT2D eigenvalue weighted by Gasteiger charge is 2.28. The Bertz CT molecular complexity index is 1240. The summed E-state index contributed by atoms with van der Waals surface area (Å²) >= 11 is 0. The fraction of sp³-hybridized carbons (Fsp3) is 0.423. The van der Waals surface area contributed by atoms with Gasteiger partial charge in [0.15, 0.2) is 5.65 Å². The normalized spacial score (nSPS) is 21.3. The Labute approximate surface area is 194 Å². The summed E-state index contributed by atoms with van der Waals surface area (Å²) in [6, 6.07) is 7.12. The number of benzene rings is 1. The number of fused-ring (bicyclic) bond motifs is 1. The van der Waals surface area contributed by atoms with Crippen LogP contribution >= 0.6 is 0 Å². The SMILES string of the molecule is CN=Cc1cc(-c2cc(C3CC3)c3cc(N4CC(C)NC(C)C4)cnc3n2)c(O)c(C)c1N. The van der Waals surface area contributed by atoms with Crippen LogP contribution < -0.4 is 16.0 Å². The van der Waals surface area contributed by atoms with Crippen molar-refractivity contribution in [3.63, 3.8) is 0 Å². The molecule has 3 aromatic rings. The number of phenols is 1. The van der Waals surface area contributed by atoms with E-state index in [1.807, 2.05) is 19.2 Å². The minimum atomic E-state index is 0.162. The van der Waals surface area contributed by atoms with Crippen molar-refractivity contribution < 1.29 is 5.11 Å². The van der Waals surface area contributed by atoms with Gasteiger partial charge < -0.3 is 21.1 Å². The Morgan fingerprint density at radius 3 is 2.58 bits per heavy atom. The van der Waals surface area contributed by atoms with Gasteiger partial charge in [-0.05, 0) is 63.3 Å². The molecule has 2 aliphatic rings. The molecular formula is C26H32N6O. The highest BCUT2D eigenvalue weighted by Crippen LogP contribution is 2.45. The summed E-state index contributed by atoms with van der Waals surface area (Å²) in [4.78, 5) is 16.2. The van der Waals surface area contributed by atoms with E-state index in [0.717, 1.165) is 35.4 Å². The Kier molecular flexibility index (Phi) is 5.44. The van der Waals surface area contributed by atoms with E-state index in [-0.39, 0.29) is 5.75 Å². The van der Waals surface area contributed by atoms with E-state index in [2.05, 4.69) is 41.2 Å². The second kappa shape index (κ2) is 8.30. The summed E-state index contributed by atoms with van der Waals surface area (Å²) in [5, 5.41) is 15.6. The van der Waals surface area contributed by atoms with Crippen LogP contribution in [-0.2, 0) is 0 Å². The van der Waals surface area contributed by atoms with Crippen molar-refractivity contribution in [2.45, 2.75) is 51.6 Å². The fourth-order valence-corrected chi connectivity index (χ4v) is 4.99. The zero-order valence-electron chi connectivity index (χ0n) is 19.8. The van der Waals surface area contributed by atoms with Gasteiger partial charge in [-0.3, -0.25) is 4.99 Å². The van der Waals surface area contributed by atoms with E-state index in [1.165, 1.54) is 18.4 Å². The van der Waals surface area contributed by atoms with E-state index >= 15 is 0 Å². The van der Waals surface area contributed by atoms with Gasteiger partial charge in [0, 0.05) is 66.2 Å². The van der Waals surface area contributed by atoms with Crippen molar-refractivity contribution in [2.75, 3.05) is 30.8 Å². The van der Waals surface area contributed by atoms with Gasteiger partial charge in [-0.2, -0.15) is 0 Å². The van der Waals surface area contributed by atoms with Gasteiger partial charge in [0.2, 0.25) is 0 Å². The molecule has 7 nitrogen and oxygen atoms in total. The van der Waals surface area contributed by atoms with E-state index in [1.54, 1.807) is 13.3 Å². The third kappa shape index (κ3) is 4.02. The molecule has 1 saturated carbocycles. The number of pyridine rings is 2. The number of phenolic OH excluding ortho intramolecular Hbond substituents is 1. The number of aromatic hydroxyl groups is 1. The van der Waals surface area contributed by atoms with Crippen molar-refractivity contribution in [1.29, 1.82) is 0 Å². The summed E-state index contributed by atoms with van der Waals surface area (Å²) in [7, 11) is 1.71. The van der Waals surface area contributed by atoms with Crippen LogP contribution in [0.15, 0.2) is 29.4 Å². The molecule has 1 saturated heterocycles. The first-order chi connectivity index (χ1) is 15.9. The Morgan fingerprint density at radius 2 is 1.91 bits per heavy atom. The van der Waals surface area contributed by atoms with Crippen molar-refractivity contribution in [1.82, 2.24) is 15.3 Å². The van der Waals surface area contributed by atoms with Crippen LogP contribution in [0.1, 0.15) is 49.3 Å². The van der Waals surface area contributed by atoms with Crippen LogP contribution in [0.5, 0.6) is 5.75 Å². The molecule has 33 heavy (non-hydrogen) atoms. The van der Waals surface area contributed by atoms with Gasteiger partial charge in [-0.15, -0.1) is 0 Å².